The lowest BCUT2D eigenvalue weighted by atomic mass is 9.96. The first-order valence-corrected chi connectivity index (χ1v) is 7.49. The third-order valence-corrected chi connectivity index (χ3v) is 3.78. The Kier molecular flexibility index (Phi) is 11.7. The first-order chi connectivity index (χ1) is 8.80. The molecule has 0 saturated heterocycles. The summed E-state index contributed by atoms with van der Waals surface area (Å²) >= 11 is 0. The smallest absolute Gasteiger partial charge is 0.191 e. The summed E-state index contributed by atoms with van der Waals surface area (Å²) in [5.41, 5.74) is 0. The van der Waals surface area contributed by atoms with Crippen molar-refractivity contribution in [3.8, 4) is 0 Å². The Morgan fingerprint density at radius 2 is 1.79 bits per heavy atom. The maximum atomic E-state index is 4.31. The molecule has 0 aromatic heterocycles. The van der Waals surface area contributed by atoms with Gasteiger partial charge in [0, 0.05) is 26.2 Å². The topological polar surface area (TPSA) is 39.7 Å². The van der Waals surface area contributed by atoms with Gasteiger partial charge in [0.2, 0.25) is 0 Å². The summed E-state index contributed by atoms with van der Waals surface area (Å²) in [6, 6.07) is 0.624. The second-order valence-corrected chi connectivity index (χ2v) is 5.01. The van der Waals surface area contributed by atoms with Crippen LogP contribution in [0.15, 0.2) is 4.99 Å². The number of nitrogens with zero attached hydrogens (tertiary/aromatic N) is 2. The molecular formula is C14H31IN4. The molecule has 0 heterocycles. The van der Waals surface area contributed by atoms with Crippen molar-refractivity contribution in [1.82, 2.24) is 15.5 Å². The minimum absolute atomic E-state index is 0. The van der Waals surface area contributed by atoms with Crippen molar-refractivity contribution in [1.29, 1.82) is 0 Å². The van der Waals surface area contributed by atoms with E-state index in [1.165, 1.54) is 32.1 Å². The molecular weight excluding hydrogens is 351 g/mol. The van der Waals surface area contributed by atoms with Crippen LogP contribution in [0.5, 0.6) is 0 Å². The molecule has 0 aromatic carbocycles. The van der Waals surface area contributed by atoms with E-state index in [9.17, 15) is 0 Å². The molecule has 0 bridgehead atoms. The molecule has 1 fully saturated rings. The van der Waals surface area contributed by atoms with Gasteiger partial charge in [0.15, 0.2) is 5.96 Å². The van der Waals surface area contributed by atoms with Gasteiger partial charge in [-0.2, -0.15) is 0 Å². The minimum Gasteiger partial charge on any atom is -0.355 e. The van der Waals surface area contributed by atoms with Gasteiger partial charge < -0.3 is 15.5 Å². The van der Waals surface area contributed by atoms with Gasteiger partial charge in [-0.25, -0.2) is 0 Å². The Labute approximate surface area is 135 Å². The molecule has 0 radical (unpaired) electrons. The lowest BCUT2D eigenvalue weighted by Gasteiger charge is -2.25. The molecule has 114 valence electrons. The molecule has 1 aliphatic rings. The summed E-state index contributed by atoms with van der Waals surface area (Å²) in [5, 5.41) is 6.95. The highest BCUT2D eigenvalue weighted by molar-refractivity contribution is 14.0. The van der Waals surface area contributed by atoms with Crippen LogP contribution in [0, 0.1) is 0 Å². The van der Waals surface area contributed by atoms with E-state index >= 15 is 0 Å². The summed E-state index contributed by atoms with van der Waals surface area (Å²) < 4.78 is 0. The molecule has 1 rings (SSSR count). The van der Waals surface area contributed by atoms with E-state index in [1.807, 2.05) is 7.05 Å². The number of likely N-dealkylation sites (N-methyl/N-ethyl adjacent to an activating group) is 1. The fraction of sp³-hybridized carbons (Fsp3) is 0.929. The summed E-state index contributed by atoms with van der Waals surface area (Å²) in [6.07, 6.45) is 6.68. The molecule has 0 aliphatic heterocycles. The zero-order chi connectivity index (χ0) is 13.2. The summed E-state index contributed by atoms with van der Waals surface area (Å²) in [6.45, 7) is 8.70. The maximum Gasteiger partial charge on any atom is 0.191 e. The summed E-state index contributed by atoms with van der Waals surface area (Å²) in [7, 11) is 1.86. The van der Waals surface area contributed by atoms with Crippen LogP contribution in [-0.2, 0) is 0 Å². The third kappa shape index (κ3) is 7.97. The quantitative estimate of drug-likeness (QED) is 0.421. The highest BCUT2D eigenvalue weighted by Gasteiger charge is 2.14. The van der Waals surface area contributed by atoms with E-state index in [0.29, 0.717) is 6.04 Å². The Hall–Kier alpha value is -0.0400. The molecule has 2 N–H and O–H groups in total. The summed E-state index contributed by atoms with van der Waals surface area (Å²) in [5.74, 6) is 0.967. The van der Waals surface area contributed by atoms with Crippen LogP contribution >= 0.6 is 24.0 Å². The Morgan fingerprint density at radius 3 is 2.32 bits per heavy atom. The van der Waals surface area contributed by atoms with Gasteiger partial charge in [0.25, 0.3) is 0 Å². The van der Waals surface area contributed by atoms with Crippen molar-refractivity contribution >= 4 is 29.9 Å². The van der Waals surface area contributed by atoms with Crippen LogP contribution in [0.1, 0.15) is 46.0 Å². The van der Waals surface area contributed by atoms with E-state index in [1.54, 1.807) is 0 Å². The number of hydrogen-bond donors (Lipinski definition) is 2. The number of hydrogen-bond acceptors (Lipinski definition) is 2. The number of guanidine groups is 1. The first-order valence-electron chi connectivity index (χ1n) is 7.49. The van der Waals surface area contributed by atoms with Crippen molar-refractivity contribution in [3.05, 3.63) is 0 Å². The lowest BCUT2D eigenvalue weighted by molar-refractivity contribution is 0.307. The Balaban J connectivity index is 0.00000324. The van der Waals surface area contributed by atoms with E-state index in [2.05, 4.69) is 34.4 Å². The molecule has 5 heteroatoms. The van der Waals surface area contributed by atoms with Crippen LogP contribution in [-0.4, -0.2) is 50.1 Å². The highest BCUT2D eigenvalue weighted by Crippen LogP contribution is 2.17. The molecule has 0 aromatic rings. The van der Waals surface area contributed by atoms with Crippen LogP contribution < -0.4 is 10.6 Å². The molecule has 0 amide bonds. The van der Waals surface area contributed by atoms with Crippen LogP contribution in [0.4, 0.5) is 0 Å². The fourth-order valence-electron chi connectivity index (χ4n) is 2.51. The first kappa shape index (κ1) is 19.0. The second kappa shape index (κ2) is 11.8. The molecule has 4 nitrogen and oxygen atoms in total. The number of nitrogens with one attached hydrogen (secondary N) is 2. The molecule has 19 heavy (non-hydrogen) atoms. The zero-order valence-electron chi connectivity index (χ0n) is 12.7. The van der Waals surface area contributed by atoms with Crippen LogP contribution in [0.25, 0.3) is 0 Å². The zero-order valence-corrected chi connectivity index (χ0v) is 15.1. The van der Waals surface area contributed by atoms with Gasteiger partial charge in [-0.05, 0) is 25.9 Å². The average molecular weight is 382 g/mol. The van der Waals surface area contributed by atoms with E-state index in [0.717, 1.165) is 32.1 Å². The number of aliphatic imine (C=N–C) groups is 1. The fourth-order valence-corrected chi connectivity index (χ4v) is 2.51. The molecule has 1 saturated carbocycles. The maximum absolute atomic E-state index is 4.31. The standard InChI is InChI=1S/C14H30N4.HI/c1-4-18(5-2)12-11-16-14(15-3)17-13-9-7-6-8-10-13;/h13H,4-12H2,1-3H3,(H2,15,16,17);1H. The predicted octanol–water partition coefficient (Wildman–Crippen LogP) is 2.44. The van der Waals surface area contributed by atoms with Gasteiger partial charge >= 0.3 is 0 Å². The highest BCUT2D eigenvalue weighted by atomic mass is 127. The van der Waals surface area contributed by atoms with Gasteiger partial charge in [0.05, 0.1) is 0 Å². The monoisotopic (exact) mass is 382 g/mol. The molecule has 1 aliphatic carbocycles. The van der Waals surface area contributed by atoms with Crippen LogP contribution in [0.2, 0.25) is 0 Å². The van der Waals surface area contributed by atoms with Gasteiger partial charge in [-0.1, -0.05) is 33.1 Å². The minimum atomic E-state index is 0. The van der Waals surface area contributed by atoms with Crippen molar-refractivity contribution in [3.63, 3.8) is 0 Å². The Morgan fingerprint density at radius 1 is 1.16 bits per heavy atom. The van der Waals surface area contributed by atoms with Crippen LogP contribution in [0.3, 0.4) is 0 Å². The van der Waals surface area contributed by atoms with Gasteiger partial charge in [-0.3, -0.25) is 4.99 Å². The van der Waals surface area contributed by atoms with Crippen molar-refractivity contribution in [2.24, 2.45) is 4.99 Å². The molecule has 0 atom stereocenters. The number of rotatable bonds is 6. The van der Waals surface area contributed by atoms with Gasteiger partial charge in [-0.15, -0.1) is 24.0 Å². The van der Waals surface area contributed by atoms with Crippen molar-refractivity contribution in [2.45, 2.75) is 52.0 Å². The van der Waals surface area contributed by atoms with Crippen molar-refractivity contribution < 1.29 is 0 Å². The largest absolute Gasteiger partial charge is 0.355 e. The Bertz CT molecular complexity index is 236. The second-order valence-electron chi connectivity index (χ2n) is 5.01. The SMILES string of the molecule is CCN(CC)CCNC(=NC)NC1CCCCC1.I. The van der Waals surface area contributed by atoms with Crippen molar-refractivity contribution in [2.75, 3.05) is 33.2 Å². The molecule has 0 unspecified atom stereocenters. The predicted molar refractivity (Wildman–Crippen MR) is 94.6 cm³/mol. The normalized spacial score (nSPS) is 17.2. The van der Waals surface area contributed by atoms with E-state index in [4.69, 9.17) is 0 Å². The number of halogens is 1. The van der Waals surface area contributed by atoms with Gasteiger partial charge in [0.1, 0.15) is 0 Å². The van der Waals surface area contributed by atoms with E-state index in [-0.39, 0.29) is 24.0 Å². The van der Waals surface area contributed by atoms with E-state index < -0.39 is 0 Å². The third-order valence-electron chi connectivity index (χ3n) is 3.78. The lowest BCUT2D eigenvalue weighted by Crippen LogP contribution is -2.46. The molecule has 0 spiro atoms. The summed E-state index contributed by atoms with van der Waals surface area (Å²) in [4.78, 5) is 6.72. The average Bonchev–Trinajstić information content (AvgIpc) is 2.43.